The minimum absolute atomic E-state index is 0.0857. The Morgan fingerprint density at radius 3 is 2.67 bits per heavy atom. The third kappa shape index (κ3) is 4.41. The van der Waals surface area contributed by atoms with E-state index in [0.717, 1.165) is 17.0 Å². The van der Waals surface area contributed by atoms with Crippen molar-refractivity contribution in [3.8, 4) is 10.7 Å². The molecule has 0 saturated carbocycles. The van der Waals surface area contributed by atoms with Gasteiger partial charge in [0, 0.05) is 11.3 Å². The summed E-state index contributed by atoms with van der Waals surface area (Å²) < 4.78 is 44.0. The Hall–Kier alpha value is -3.46. The zero-order chi connectivity index (χ0) is 21.1. The van der Waals surface area contributed by atoms with Gasteiger partial charge in [-0.3, -0.25) is 4.79 Å². The van der Waals surface area contributed by atoms with Crippen molar-refractivity contribution in [3.05, 3.63) is 88.6 Å². The van der Waals surface area contributed by atoms with Crippen LogP contribution in [0.5, 0.6) is 0 Å². The third-order valence-electron chi connectivity index (χ3n) is 4.27. The quantitative estimate of drug-likeness (QED) is 0.445. The highest BCUT2D eigenvalue weighted by atomic mass is 32.1. The van der Waals surface area contributed by atoms with E-state index in [1.807, 2.05) is 17.5 Å². The van der Waals surface area contributed by atoms with E-state index >= 15 is 0 Å². The lowest BCUT2D eigenvalue weighted by atomic mass is 10.1. The first kappa shape index (κ1) is 19.8. The largest absolute Gasteiger partial charge is 0.416 e. The molecule has 0 radical (unpaired) electrons. The van der Waals surface area contributed by atoms with Gasteiger partial charge in [-0.2, -0.15) is 18.2 Å². The molecule has 2 heterocycles. The zero-order valence-electron chi connectivity index (χ0n) is 15.3. The fourth-order valence-electron chi connectivity index (χ4n) is 2.82. The van der Waals surface area contributed by atoms with Gasteiger partial charge in [0.05, 0.1) is 16.9 Å². The summed E-state index contributed by atoms with van der Waals surface area (Å²) in [4.78, 5) is 17.8. The number of hydrogen-bond acceptors (Lipinski definition) is 5. The second-order valence-corrected chi connectivity index (χ2v) is 7.30. The molecule has 1 amide bonds. The second-order valence-electron chi connectivity index (χ2n) is 6.36. The zero-order valence-corrected chi connectivity index (χ0v) is 16.1. The highest BCUT2D eigenvalue weighted by Gasteiger charge is 2.31. The standard InChI is InChI=1S/C21H14F3N3O2S/c22-21(23,24)15-7-3-6-14(11-15)20(28)25-16-8-2-1-5-13(16)12-18-26-19(27-29-18)17-9-4-10-30-17/h1-11H,12H2,(H,25,28). The van der Waals surface area contributed by atoms with Gasteiger partial charge in [-0.25, -0.2) is 0 Å². The predicted octanol–water partition coefficient (Wildman–Crippen LogP) is 5.66. The summed E-state index contributed by atoms with van der Waals surface area (Å²) >= 11 is 1.49. The number of anilines is 1. The lowest BCUT2D eigenvalue weighted by Gasteiger charge is -2.11. The van der Waals surface area contributed by atoms with Crippen molar-refractivity contribution in [2.24, 2.45) is 0 Å². The van der Waals surface area contributed by atoms with Gasteiger partial charge in [0.2, 0.25) is 11.7 Å². The molecule has 4 aromatic rings. The van der Waals surface area contributed by atoms with Gasteiger partial charge in [0.1, 0.15) is 0 Å². The van der Waals surface area contributed by atoms with Crippen molar-refractivity contribution in [2.75, 3.05) is 5.32 Å². The average Bonchev–Trinajstić information content (AvgIpc) is 3.41. The maximum absolute atomic E-state index is 12.9. The summed E-state index contributed by atoms with van der Waals surface area (Å²) in [5.41, 5.74) is 0.183. The predicted molar refractivity (Wildman–Crippen MR) is 106 cm³/mol. The molecule has 0 aliphatic rings. The van der Waals surface area contributed by atoms with Crippen LogP contribution in [-0.4, -0.2) is 16.0 Å². The summed E-state index contributed by atoms with van der Waals surface area (Å²) in [5, 5.41) is 8.53. The Morgan fingerprint density at radius 2 is 1.90 bits per heavy atom. The number of aromatic nitrogens is 2. The van der Waals surface area contributed by atoms with Gasteiger partial charge in [-0.1, -0.05) is 35.5 Å². The molecule has 152 valence electrons. The van der Waals surface area contributed by atoms with Crippen molar-refractivity contribution in [1.82, 2.24) is 10.1 Å². The maximum atomic E-state index is 12.9. The van der Waals surface area contributed by atoms with Crippen molar-refractivity contribution in [2.45, 2.75) is 12.6 Å². The SMILES string of the molecule is O=C(Nc1ccccc1Cc1nc(-c2cccs2)no1)c1cccc(C(F)(F)F)c1. The van der Waals surface area contributed by atoms with E-state index in [0.29, 0.717) is 23.0 Å². The normalized spacial score (nSPS) is 11.4. The van der Waals surface area contributed by atoms with Gasteiger partial charge >= 0.3 is 6.18 Å². The summed E-state index contributed by atoms with van der Waals surface area (Å²) in [7, 11) is 0. The Labute approximate surface area is 173 Å². The number of para-hydroxylation sites is 1. The second kappa shape index (κ2) is 8.11. The van der Waals surface area contributed by atoms with Crippen LogP contribution < -0.4 is 5.32 Å². The van der Waals surface area contributed by atoms with Gasteiger partial charge in [-0.15, -0.1) is 11.3 Å². The van der Waals surface area contributed by atoms with Crippen molar-refractivity contribution >= 4 is 22.9 Å². The van der Waals surface area contributed by atoms with Crippen LogP contribution in [0.4, 0.5) is 18.9 Å². The minimum atomic E-state index is -4.52. The molecular weight excluding hydrogens is 415 g/mol. The molecule has 9 heteroatoms. The number of carbonyl (C=O) groups excluding carboxylic acids is 1. The van der Waals surface area contributed by atoms with Crippen LogP contribution in [0.25, 0.3) is 10.7 Å². The summed E-state index contributed by atoms with van der Waals surface area (Å²) in [6.07, 6.45) is -4.26. The first-order chi connectivity index (χ1) is 14.4. The van der Waals surface area contributed by atoms with Crippen LogP contribution in [0, 0.1) is 0 Å². The van der Waals surface area contributed by atoms with E-state index in [1.165, 1.54) is 23.5 Å². The molecule has 2 aromatic carbocycles. The van der Waals surface area contributed by atoms with E-state index in [4.69, 9.17) is 4.52 Å². The average molecular weight is 429 g/mol. The topological polar surface area (TPSA) is 68.0 Å². The van der Waals surface area contributed by atoms with E-state index in [-0.39, 0.29) is 12.0 Å². The van der Waals surface area contributed by atoms with Crippen LogP contribution in [0.3, 0.4) is 0 Å². The number of carbonyl (C=O) groups is 1. The summed E-state index contributed by atoms with van der Waals surface area (Å²) in [6, 6.07) is 15.0. The smallest absolute Gasteiger partial charge is 0.339 e. The molecule has 0 saturated heterocycles. The molecule has 0 aliphatic heterocycles. The number of alkyl halides is 3. The molecule has 4 rings (SSSR count). The van der Waals surface area contributed by atoms with E-state index in [2.05, 4.69) is 15.5 Å². The summed E-state index contributed by atoms with van der Waals surface area (Å²) in [5.74, 6) is 0.197. The van der Waals surface area contributed by atoms with Crippen LogP contribution in [0.1, 0.15) is 27.4 Å². The number of rotatable bonds is 5. The molecule has 5 nitrogen and oxygen atoms in total. The Morgan fingerprint density at radius 1 is 1.07 bits per heavy atom. The van der Waals surface area contributed by atoms with E-state index < -0.39 is 17.6 Å². The Balaban J connectivity index is 1.53. The lowest BCUT2D eigenvalue weighted by Crippen LogP contribution is -2.15. The molecule has 0 fully saturated rings. The monoisotopic (exact) mass is 429 g/mol. The Bertz CT molecular complexity index is 1170. The Kier molecular flexibility index (Phi) is 5.37. The first-order valence-corrected chi connectivity index (χ1v) is 9.71. The number of nitrogens with zero attached hydrogens (tertiary/aromatic N) is 2. The van der Waals surface area contributed by atoms with Crippen LogP contribution >= 0.6 is 11.3 Å². The fraction of sp³-hybridized carbons (Fsp3) is 0.0952. The van der Waals surface area contributed by atoms with Gasteiger partial charge in [0.25, 0.3) is 5.91 Å². The molecule has 30 heavy (non-hydrogen) atoms. The lowest BCUT2D eigenvalue weighted by molar-refractivity contribution is -0.137. The maximum Gasteiger partial charge on any atom is 0.416 e. The minimum Gasteiger partial charge on any atom is -0.339 e. The molecule has 0 bridgehead atoms. The summed E-state index contributed by atoms with van der Waals surface area (Å²) in [6.45, 7) is 0. The van der Waals surface area contributed by atoms with Crippen LogP contribution in [0.2, 0.25) is 0 Å². The van der Waals surface area contributed by atoms with E-state index in [9.17, 15) is 18.0 Å². The molecule has 1 N–H and O–H groups in total. The van der Waals surface area contributed by atoms with Gasteiger partial charge < -0.3 is 9.84 Å². The number of halogens is 3. The molecular formula is C21H14F3N3O2S. The number of hydrogen-bond donors (Lipinski definition) is 1. The van der Waals surface area contributed by atoms with Crippen LogP contribution in [-0.2, 0) is 12.6 Å². The molecule has 0 atom stereocenters. The van der Waals surface area contributed by atoms with Crippen molar-refractivity contribution in [1.29, 1.82) is 0 Å². The van der Waals surface area contributed by atoms with Crippen molar-refractivity contribution < 1.29 is 22.5 Å². The third-order valence-corrected chi connectivity index (χ3v) is 5.13. The molecule has 0 spiro atoms. The van der Waals surface area contributed by atoms with E-state index in [1.54, 1.807) is 24.3 Å². The van der Waals surface area contributed by atoms with Gasteiger partial charge in [0.15, 0.2) is 0 Å². The van der Waals surface area contributed by atoms with Crippen LogP contribution in [0.15, 0.2) is 70.6 Å². The fourth-order valence-corrected chi connectivity index (χ4v) is 3.47. The molecule has 0 unspecified atom stereocenters. The van der Waals surface area contributed by atoms with Crippen molar-refractivity contribution in [3.63, 3.8) is 0 Å². The molecule has 2 aromatic heterocycles. The first-order valence-electron chi connectivity index (χ1n) is 8.83. The number of amides is 1. The number of nitrogens with one attached hydrogen (secondary N) is 1. The number of benzene rings is 2. The molecule has 0 aliphatic carbocycles. The number of thiophene rings is 1. The van der Waals surface area contributed by atoms with Gasteiger partial charge in [-0.05, 0) is 41.3 Å². The highest BCUT2D eigenvalue weighted by molar-refractivity contribution is 7.13. The highest BCUT2D eigenvalue weighted by Crippen LogP contribution is 2.30.